The molecule has 1 aliphatic rings. The summed E-state index contributed by atoms with van der Waals surface area (Å²) in [7, 11) is 1.87. The number of nitrogens with one attached hydrogen (secondary N) is 2. The SMILES string of the molecule is Cc1cccc(C)c1Nc1nn(C)c2nc(Nc3ccc(N4CCN(C(=O)OCc5ccccc5)CC4)nc3)ncc12. The first-order valence-corrected chi connectivity index (χ1v) is 13.9. The van der Waals surface area contributed by atoms with Crippen LogP contribution in [0.25, 0.3) is 11.0 Å². The number of anilines is 5. The van der Waals surface area contributed by atoms with Crippen LogP contribution in [0.2, 0.25) is 0 Å². The van der Waals surface area contributed by atoms with E-state index < -0.39 is 0 Å². The van der Waals surface area contributed by atoms with Gasteiger partial charge in [0, 0.05) is 45.1 Å². The average Bonchev–Trinajstić information content (AvgIpc) is 3.33. The normalized spacial score (nSPS) is 13.3. The van der Waals surface area contributed by atoms with Gasteiger partial charge in [0.25, 0.3) is 0 Å². The number of rotatable bonds is 7. The number of hydrogen-bond donors (Lipinski definition) is 2. The molecular formula is C31H33N9O2. The van der Waals surface area contributed by atoms with Crippen LogP contribution in [-0.4, -0.2) is 61.9 Å². The van der Waals surface area contributed by atoms with Crippen molar-refractivity contribution >= 4 is 46.1 Å². The minimum Gasteiger partial charge on any atom is -0.445 e. The van der Waals surface area contributed by atoms with Crippen LogP contribution >= 0.6 is 0 Å². The molecule has 0 radical (unpaired) electrons. The van der Waals surface area contributed by atoms with E-state index in [-0.39, 0.29) is 12.7 Å². The molecular weight excluding hydrogens is 530 g/mol. The maximum absolute atomic E-state index is 12.5. The monoisotopic (exact) mass is 563 g/mol. The molecule has 1 amide bonds. The highest BCUT2D eigenvalue weighted by molar-refractivity contribution is 5.90. The Morgan fingerprint density at radius 1 is 0.881 bits per heavy atom. The molecule has 1 aliphatic heterocycles. The zero-order valence-electron chi connectivity index (χ0n) is 23.9. The highest BCUT2D eigenvalue weighted by Crippen LogP contribution is 2.29. The van der Waals surface area contributed by atoms with Gasteiger partial charge < -0.3 is 25.2 Å². The Bertz CT molecular complexity index is 1680. The van der Waals surface area contributed by atoms with Gasteiger partial charge in [-0.05, 0) is 42.7 Å². The predicted molar refractivity (Wildman–Crippen MR) is 163 cm³/mol. The van der Waals surface area contributed by atoms with Gasteiger partial charge in [-0.25, -0.2) is 19.4 Å². The number of hydrogen-bond acceptors (Lipinski definition) is 9. The molecule has 0 bridgehead atoms. The molecule has 2 N–H and O–H groups in total. The quantitative estimate of drug-likeness (QED) is 0.272. The van der Waals surface area contributed by atoms with Gasteiger partial charge in [0.1, 0.15) is 12.4 Å². The molecule has 42 heavy (non-hydrogen) atoms. The third-order valence-corrected chi connectivity index (χ3v) is 7.38. The van der Waals surface area contributed by atoms with Gasteiger partial charge >= 0.3 is 6.09 Å². The summed E-state index contributed by atoms with van der Waals surface area (Å²) >= 11 is 0. The number of aryl methyl sites for hydroxylation is 3. The van der Waals surface area contributed by atoms with E-state index in [0.717, 1.165) is 39.3 Å². The van der Waals surface area contributed by atoms with Crippen LogP contribution in [0.1, 0.15) is 16.7 Å². The van der Waals surface area contributed by atoms with Gasteiger partial charge in [0.2, 0.25) is 5.95 Å². The van der Waals surface area contributed by atoms with Crippen molar-refractivity contribution in [2.75, 3.05) is 41.7 Å². The van der Waals surface area contributed by atoms with Gasteiger partial charge in [-0.15, -0.1) is 0 Å². The van der Waals surface area contributed by atoms with Crippen LogP contribution in [0.15, 0.2) is 73.1 Å². The number of ether oxygens (including phenoxy) is 1. The number of nitrogens with zero attached hydrogens (tertiary/aromatic N) is 7. The van der Waals surface area contributed by atoms with Crippen LogP contribution in [0, 0.1) is 13.8 Å². The zero-order valence-corrected chi connectivity index (χ0v) is 23.9. The molecule has 0 aliphatic carbocycles. The standard InChI is InChI=1S/C31H33N9O2/c1-21-8-7-9-22(2)27(21)35-28-25-19-33-30(36-29(25)38(3)37-28)34-24-12-13-26(32-18-24)39-14-16-40(17-15-39)31(41)42-20-23-10-5-4-6-11-23/h4-13,18-19H,14-17,20H2,1-3H3,(H,35,37)(H,33,34,36). The van der Waals surface area contributed by atoms with E-state index in [1.54, 1.807) is 22.0 Å². The average molecular weight is 564 g/mol. The fraction of sp³-hybridized carbons (Fsp3) is 0.258. The van der Waals surface area contributed by atoms with Crippen molar-refractivity contribution in [3.8, 4) is 0 Å². The second kappa shape index (κ2) is 11.7. The first kappa shape index (κ1) is 27.0. The molecule has 1 fully saturated rings. The number of carbonyl (C=O) groups excluding carboxylic acids is 1. The highest BCUT2D eigenvalue weighted by atomic mass is 16.6. The minimum atomic E-state index is -0.287. The van der Waals surface area contributed by atoms with E-state index in [1.807, 2.05) is 55.6 Å². The first-order chi connectivity index (χ1) is 20.4. The van der Waals surface area contributed by atoms with Gasteiger partial charge in [-0.3, -0.25) is 0 Å². The Hall–Kier alpha value is -5.19. The van der Waals surface area contributed by atoms with Crippen molar-refractivity contribution in [2.45, 2.75) is 20.5 Å². The molecule has 11 heteroatoms. The smallest absolute Gasteiger partial charge is 0.410 e. The lowest BCUT2D eigenvalue weighted by Crippen LogP contribution is -2.49. The Kier molecular flexibility index (Phi) is 7.54. The lowest BCUT2D eigenvalue weighted by molar-refractivity contribution is 0.0941. The van der Waals surface area contributed by atoms with Gasteiger partial charge in [-0.2, -0.15) is 10.1 Å². The van der Waals surface area contributed by atoms with Crippen LogP contribution < -0.4 is 15.5 Å². The lowest BCUT2D eigenvalue weighted by Gasteiger charge is -2.34. The molecule has 0 atom stereocenters. The van der Waals surface area contributed by atoms with Crippen molar-refractivity contribution in [3.63, 3.8) is 0 Å². The maximum atomic E-state index is 12.5. The van der Waals surface area contributed by atoms with Crippen LogP contribution in [0.5, 0.6) is 0 Å². The summed E-state index contributed by atoms with van der Waals surface area (Å²) in [6, 6.07) is 19.8. The van der Waals surface area contributed by atoms with Crippen molar-refractivity contribution in [2.24, 2.45) is 7.05 Å². The minimum absolute atomic E-state index is 0.276. The van der Waals surface area contributed by atoms with E-state index in [0.29, 0.717) is 43.6 Å². The molecule has 2 aromatic carbocycles. The van der Waals surface area contributed by atoms with E-state index in [1.165, 1.54) is 0 Å². The number of amides is 1. The number of pyridine rings is 1. The van der Waals surface area contributed by atoms with Gasteiger partial charge in [-0.1, -0.05) is 48.5 Å². The van der Waals surface area contributed by atoms with Gasteiger partial charge in [0.05, 0.1) is 17.3 Å². The summed E-state index contributed by atoms with van der Waals surface area (Å²) < 4.78 is 7.22. The van der Waals surface area contributed by atoms with E-state index in [4.69, 9.17) is 9.72 Å². The molecule has 0 saturated carbocycles. The third-order valence-electron chi connectivity index (χ3n) is 7.38. The number of aromatic nitrogens is 5. The number of para-hydroxylation sites is 1. The molecule has 6 rings (SSSR count). The Balaban J connectivity index is 1.06. The second-order valence-electron chi connectivity index (χ2n) is 10.3. The fourth-order valence-electron chi connectivity index (χ4n) is 5.03. The van der Waals surface area contributed by atoms with E-state index in [2.05, 4.69) is 56.6 Å². The molecule has 11 nitrogen and oxygen atoms in total. The number of carbonyl (C=O) groups is 1. The second-order valence-corrected chi connectivity index (χ2v) is 10.3. The molecule has 214 valence electrons. The highest BCUT2D eigenvalue weighted by Gasteiger charge is 2.23. The van der Waals surface area contributed by atoms with Crippen molar-refractivity contribution in [1.82, 2.24) is 29.6 Å². The summed E-state index contributed by atoms with van der Waals surface area (Å²) in [5.74, 6) is 2.02. The topological polar surface area (TPSA) is 113 Å². The largest absolute Gasteiger partial charge is 0.445 e. The van der Waals surface area contributed by atoms with Crippen LogP contribution in [0.4, 0.5) is 33.8 Å². The fourth-order valence-corrected chi connectivity index (χ4v) is 5.03. The first-order valence-electron chi connectivity index (χ1n) is 13.9. The molecule has 3 aromatic heterocycles. The van der Waals surface area contributed by atoms with Crippen molar-refractivity contribution in [3.05, 3.63) is 89.7 Å². The molecule has 4 heterocycles. The molecule has 0 unspecified atom stereocenters. The molecule has 0 spiro atoms. The zero-order chi connectivity index (χ0) is 29.1. The third kappa shape index (κ3) is 5.80. The molecule has 5 aromatic rings. The summed E-state index contributed by atoms with van der Waals surface area (Å²) in [5, 5.41) is 12.2. The Morgan fingerprint density at radius 3 is 2.36 bits per heavy atom. The predicted octanol–water partition coefficient (Wildman–Crippen LogP) is 5.32. The summed E-state index contributed by atoms with van der Waals surface area (Å²) in [5.41, 5.74) is 5.79. The Labute approximate surface area is 244 Å². The number of piperazine rings is 1. The lowest BCUT2D eigenvalue weighted by atomic mass is 10.1. The maximum Gasteiger partial charge on any atom is 0.410 e. The van der Waals surface area contributed by atoms with Gasteiger partial charge in [0.15, 0.2) is 11.5 Å². The van der Waals surface area contributed by atoms with Crippen molar-refractivity contribution in [1.29, 1.82) is 0 Å². The number of benzene rings is 2. The summed E-state index contributed by atoms with van der Waals surface area (Å²) in [6.07, 6.45) is 3.25. The van der Waals surface area contributed by atoms with Crippen LogP contribution in [-0.2, 0) is 18.4 Å². The van der Waals surface area contributed by atoms with Crippen LogP contribution in [0.3, 0.4) is 0 Å². The van der Waals surface area contributed by atoms with E-state index in [9.17, 15) is 4.79 Å². The molecule has 1 saturated heterocycles. The van der Waals surface area contributed by atoms with Crippen molar-refractivity contribution < 1.29 is 9.53 Å². The summed E-state index contributed by atoms with van der Waals surface area (Å²) in [6.45, 7) is 6.93. The summed E-state index contributed by atoms with van der Waals surface area (Å²) in [4.78, 5) is 30.3. The van der Waals surface area contributed by atoms with E-state index >= 15 is 0 Å². The number of fused-ring (bicyclic) bond motifs is 1. The Morgan fingerprint density at radius 2 is 1.64 bits per heavy atom.